The van der Waals surface area contributed by atoms with Gasteiger partial charge in [-0.15, -0.1) is 11.3 Å². The van der Waals surface area contributed by atoms with Gasteiger partial charge in [-0.2, -0.15) is 0 Å². The fourth-order valence-corrected chi connectivity index (χ4v) is 3.02. The standard InChI is InChI=1S/C14H15NO3S2/c1-10(15-14(16)13-4-3-9-19-13)11-5-7-12(8-6-11)20(2,17)18/h3-10H,1-2H3,(H,15,16)/t10-/m0/s1. The number of hydrogen-bond acceptors (Lipinski definition) is 4. The molecule has 0 aliphatic rings. The molecule has 0 aliphatic heterocycles. The van der Waals surface area contributed by atoms with Crippen molar-refractivity contribution in [2.45, 2.75) is 17.9 Å². The molecule has 0 saturated carbocycles. The maximum absolute atomic E-state index is 11.9. The van der Waals surface area contributed by atoms with E-state index >= 15 is 0 Å². The predicted molar refractivity (Wildman–Crippen MR) is 79.8 cm³/mol. The number of amides is 1. The lowest BCUT2D eigenvalue weighted by Gasteiger charge is -2.14. The van der Waals surface area contributed by atoms with E-state index in [-0.39, 0.29) is 16.8 Å². The van der Waals surface area contributed by atoms with E-state index in [2.05, 4.69) is 5.32 Å². The summed E-state index contributed by atoms with van der Waals surface area (Å²) in [7, 11) is -3.19. The zero-order valence-electron chi connectivity index (χ0n) is 11.2. The smallest absolute Gasteiger partial charge is 0.261 e. The maximum atomic E-state index is 11.9. The zero-order chi connectivity index (χ0) is 14.8. The van der Waals surface area contributed by atoms with E-state index < -0.39 is 9.84 Å². The molecule has 1 amide bonds. The Bertz CT molecular complexity index is 689. The van der Waals surface area contributed by atoms with Crippen molar-refractivity contribution in [3.63, 3.8) is 0 Å². The first kappa shape index (κ1) is 14.7. The van der Waals surface area contributed by atoms with Crippen LogP contribution in [0, 0.1) is 0 Å². The van der Waals surface area contributed by atoms with Crippen LogP contribution < -0.4 is 5.32 Å². The van der Waals surface area contributed by atoms with Gasteiger partial charge >= 0.3 is 0 Å². The molecule has 20 heavy (non-hydrogen) atoms. The van der Waals surface area contributed by atoms with Gasteiger partial charge in [0.2, 0.25) is 0 Å². The van der Waals surface area contributed by atoms with Gasteiger partial charge in [0.25, 0.3) is 5.91 Å². The van der Waals surface area contributed by atoms with Crippen LogP contribution in [0.1, 0.15) is 28.2 Å². The molecular formula is C14H15NO3S2. The van der Waals surface area contributed by atoms with Gasteiger partial charge in [-0.05, 0) is 36.1 Å². The summed E-state index contributed by atoms with van der Waals surface area (Å²) in [5.41, 5.74) is 0.863. The molecule has 0 spiro atoms. The second kappa shape index (κ2) is 5.76. The summed E-state index contributed by atoms with van der Waals surface area (Å²) >= 11 is 1.38. The molecule has 0 aliphatic carbocycles. The monoisotopic (exact) mass is 309 g/mol. The van der Waals surface area contributed by atoms with Crippen LogP contribution in [-0.2, 0) is 9.84 Å². The highest BCUT2D eigenvalue weighted by atomic mass is 32.2. The van der Waals surface area contributed by atoms with Crippen LogP contribution in [0.5, 0.6) is 0 Å². The van der Waals surface area contributed by atoms with Gasteiger partial charge in [-0.25, -0.2) is 8.42 Å². The molecule has 2 rings (SSSR count). The molecule has 0 fully saturated rings. The van der Waals surface area contributed by atoms with E-state index in [0.29, 0.717) is 4.88 Å². The van der Waals surface area contributed by atoms with E-state index in [4.69, 9.17) is 0 Å². The van der Waals surface area contributed by atoms with Gasteiger partial charge in [0.15, 0.2) is 9.84 Å². The van der Waals surface area contributed by atoms with E-state index in [0.717, 1.165) is 5.56 Å². The van der Waals surface area contributed by atoms with Crippen LogP contribution in [0.25, 0.3) is 0 Å². The van der Waals surface area contributed by atoms with E-state index in [1.807, 2.05) is 18.4 Å². The normalized spacial score (nSPS) is 12.9. The van der Waals surface area contributed by atoms with Crippen LogP contribution in [-0.4, -0.2) is 20.6 Å². The predicted octanol–water partition coefficient (Wildman–Crippen LogP) is 2.64. The number of thiophene rings is 1. The zero-order valence-corrected chi connectivity index (χ0v) is 12.8. The second-order valence-corrected chi connectivity index (χ2v) is 7.48. The maximum Gasteiger partial charge on any atom is 0.261 e. The Morgan fingerprint density at radius 2 is 1.85 bits per heavy atom. The summed E-state index contributed by atoms with van der Waals surface area (Å²) in [5, 5.41) is 4.73. The Balaban J connectivity index is 2.10. The summed E-state index contributed by atoms with van der Waals surface area (Å²) in [6, 6.07) is 9.95. The van der Waals surface area contributed by atoms with Crippen molar-refractivity contribution in [3.8, 4) is 0 Å². The summed E-state index contributed by atoms with van der Waals surface area (Å²) < 4.78 is 22.8. The summed E-state index contributed by atoms with van der Waals surface area (Å²) in [6.07, 6.45) is 1.17. The highest BCUT2D eigenvalue weighted by molar-refractivity contribution is 7.90. The van der Waals surface area contributed by atoms with Gasteiger partial charge in [-0.1, -0.05) is 18.2 Å². The molecule has 1 heterocycles. The molecule has 0 saturated heterocycles. The lowest BCUT2D eigenvalue weighted by molar-refractivity contribution is 0.0944. The third-order valence-corrected chi connectivity index (χ3v) is 4.90. The van der Waals surface area contributed by atoms with E-state index in [1.165, 1.54) is 17.6 Å². The Morgan fingerprint density at radius 1 is 1.20 bits per heavy atom. The van der Waals surface area contributed by atoms with Gasteiger partial charge in [0, 0.05) is 6.26 Å². The first-order chi connectivity index (χ1) is 9.38. The van der Waals surface area contributed by atoms with Crippen molar-refractivity contribution in [1.82, 2.24) is 5.32 Å². The number of benzene rings is 1. The van der Waals surface area contributed by atoms with Gasteiger partial charge in [0.05, 0.1) is 15.8 Å². The van der Waals surface area contributed by atoms with Gasteiger partial charge in [-0.3, -0.25) is 4.79 Å². The fourth-order valence-electron chi connectivity index (χ4n) is 1.76. The first-order valence-corrected chi connectivity index (χ1v) is 8.79. The number of rotatable bonds is 4. The summed E-state index contributed by atoms with van der Waals surface area (Å²) in [4.78, 5) is 12.9. The molecular weight excluding hydrogens is 294 g/mol. The van der Waals surface area contributed by atoms with Gasteiger partial charge < -0.3 is 5.32 Å². The van der Waals surface area contributed by atoms with Crippen LogP contribution in [0.15, 0.2) is 46.7 Å². The summed E-state index contributed by atoms with van der Waals surface area (Å²) in [6.45, 7) is 1.86. The number of carbonyl (C=O) groups is 1. The van der Waals surface area contributed by atoms with E-state index in [1.54, 1.807) is 30.3 Å². The van der Waals surface area contributed by atoms with E-state index in [9.17, 15) is 13.2 Å². The minimum atomic E-state index is -3.19. The molecule has 2 aromatic rings. The summed E-state index contributed by atoms with van der Waals surface area (Å²) in [5.74, 6) is -0.125. The lowest BCUT2D eigenvalue weighted by Crippen LogP contribution is -2.25. The fraction of sp³-hybridized carbons (Fsp3) is 0.214. The molecule has 4 nitrogen and oxygen atoms in total. The van der Waals surface area contributed by atoms with Crippen molar-refractivity contribution in [2.24, 2.45) is 0 Å². The molecule has 106 valence electrons. The molecule has 1 aromatic carbocycles. The third kappa shape index (κ3) is 3.46. The molecule has 0 radical (unpaired) electrons. The number of hydrogen-bond donors (Lipinski definition) is 1. The Morgan fingerprint density at radius 3 is 2.35 bits per heavy atom. The lowest BCUT2D eigenvalue weighted by atomic mass is 10.1. The Hall–Kier alpha value is -1.66. The number of carbonyl (C=O) groups excluding carboxylic acids is 1. The SMILES string of the molecule is C[C@H](NC(=O)c1cccs1)c1ccc(S(C)(=O)=O)cc1. The minimum absolute atomic E-state index is 0.125. The molecule has 1 aromatic heterocycles. The molecule has 0 unspecified atom stereocenters. The number of sulfone groups is 1. The van der Waals surface area contributed by atoms with Crippen molar-refractivity contribution < 1.29 is 13.2 Å². The highest BCUT2D eigenvalue weighted by Crippen LogP contribution is 2.17. The van der Waals surface area contributed by atoms with Crippen molar-refractivity contribution in [3.05, 3.63) is 52.2 Å². The van der Waals surface area contributed by atoms with Crippen LogP contribution in [0.3, 0.4) is 0 Å². The largest absolute Gasteiger partial charge is 0.345 e. The average Bonchev–Trinajstić information content (AvgIpc) is 2.91. The minimum Gasteiger partial charge on any atom is -0.345 e. The van der Waals surface area contributed by atoms with Crippen LogP contribution >= 0.6 is 11.3 Å². The molecule has 1 N–H and O–H groups in total. The van der Waals surface area contributed by atoms with Crippen molar-refractivity contribution >= 4 is 27.1 Å². The first-order valence-electron chi connectivity index (χ1n) is 6.02. The van der Waals surface area contributed by atoms with Gasteiger partial charge in [0.1, 0.15) is 0 Å². The third-order valence-electron chi connectivity index (χ3n) is 2.90. The average molecular weight is 309 g/mol. The molecule has 1 atom stereocenters. The molecule has 0 bridgehead atoms. The van der Waals surface area contributed by atoms with Crippen LogP contribution in [0.2, 0.25) is 0 Å². The number of nitrogens with one attached hydrogen (secondary N) is 1. The second-order valence-electron chi connectivity index (χ2n) is 4.51. The Labute approximate surface area is 122 Å². The van der Waals surface area contributed by atoms with Crippen molar-refractivity contribution in [1.29, 1.82) is 0 Å². The highest BCUT2D eigenvalue weighted by Gasteiger charge is 2.13. The molecule has 6 heteroatoms. The topological polar surface area (TPSA) is 63.2 Å². The Kier molecular flexibility index (Phi) is 4.25. The van der Waals surface area contributed by atoms with Crippen molar-refractivity contribution in [2.75, 3.05) is 6.26 Å². The van der Waals surface area contributed by atoms with Crippen LogP contribution in [0.4, 0.5) is 0 Å². The quantitative estimate of drug-likeness (QED) is 0.944.